The lowest BCUT2D eigenvalue weighted by Gasteiger charge is -2.26. The number of fused-ring (bicyclic) bond motifs is 1. The first kappa shape index (κ1) is 18.4. The highest BCUT2D eigenvalue weighted by atomic mass is 35.5. The minimum absolute atomic E-state index is 0. The quantitative estimate of drug-likeness (QED) is 0.737. The van der Waals surface area contributed by atoms with E-state index < -0.39 is 12.1 Å². The third-order valence-corrected chi connectivity index (χ3v) is 3.98. The van der Waals surface area contributed by atoms with Gasteiger partial charge in [-0.15, -0.1) is 12.4 Å². The maximum absolute atomic E-state index is 13.9. The lowest BCUT2D eigenvalue weighted by atomic mass is 10.0. The van der Waals surface area contributed by atoms with Crippen molar-refractivity contribution < 1.29 is 13.9 Å². The number of aliphatic hydroxyl groups is 1. The molecule has 3 rings (SSSR count). The van der Waals surface area contributed by atoms with Crippen LogP contribution >= 0.6 is 12.4 Å². The van der Waals surface area contributed by atoms with Crippen molar-refractivity contribution in [2.24, 2.45) is 0 Å². The SMILES string of the molecule is CNC[C@@H](O)[C@H](c1cccc(F)c1)n1ccc2c(F)cccc21.Cl. The third-order valence-electron chi connectivity index (χ3n) is 3.98. The smallest absolute Gasteiger partial charge is 0.132 e. The summed E-state index contributed by atoms with van der Waals surface area (Å²) in [5.41, 5.74) is 1.30. The molecule has 0 saturated carbocycles. The Morgan fingerprint density at radius 1 is 1.12 bits per heavy atom. The number of aliphatic hydroxyl groups excluding tert-OH is 1. The van der Waals surface area contributed by atoms with Crippen LogP contribution < -0.4 is 5.32 Å². The van der Waals surface area contributed by atoms with Crippen LogP contribution in [0, 0.1) is 11.6 Å². The fourth-order valence-corrected chi connectivity index (χ4v) is 2.97. The molecule has 128 valence electrons. The second-order valence-electron chi connectivity index (χ2n) is 5.52. The van der Waals surface area contributed by atoms with Gasteiger partial charge in [-0.2, -0.15) is 0 Å². The molecule has 3 aromatic rings. The number of hydrogen-bond acceptors (Lipinski definition) is 2. The summed E-state index contributed by atoms with van der Waals surface area (Å²) < 4.78 is 29.3. The number of benzene rings is 2. The van der Waals surface area contributed by atoms with Crippen LogP contribution in [0.3, 0.4) is 0 Å². The molecule has 0 aliphatic rings. The largest absolute Gasteiger partial charge is 0.389 e. The number of nitrogens with zero attached hydrogens (tertiary/aromatic N) is 1. The molecule has 0 aliphatic heterocycles. The topological polar surface area (TPSA) is 37.2 Å². The van der Waals surface area contributed by atoms with Gasteiger partial charge in [0.15, 0.2) is 0 Å². The van der Waals surface area contributed by atoms with Gasteiger partial charge in [-0.3, -0.25) is 0 Å². The minimum Gasteiger partial charge on any atom is -0.389 e. The van der Waals surface area contributed by atoms with Crippen molar-refractivity contribution >= 4 is 23.3 Å². The molecule has 1 heterocycles. The molecule has 2 aromatic carbocycles. The van der Waals surface area contributed by atoms with Crippen LogP contribution in [0.2, 0.25) is 0 Å². The van der Waals surface area contributed by atoms with Gasteiger partial charge in [-0.05, 0) is 42.9 Å². The molecule has 0 unspecified atom stereocenters. The Hall–Kier alpha value is -1.95. The summed E-state index contributed by atoms with van der Waals surface area (Å²) in [6.07, 6.45) is 0.933. The Balaban J connectivity index is 0.00000208. The summed E-state index contributed by atoms with van der Waals surface area (Å²) in [5, 5.41) is 14.0. The summed E-state index contributed by atoms with van der Waals surface area (Å²) >= 11 is 0. The second-order valence-corrected chi connectivity index (χ2v) is 5.52. The Kier molecular flexibility index (Phi) is 5.94. The van der Waals surface area contributed by atoms with Gasteiger partial charge in [0, 0.05) is 18.1 Å². The Bertz CT molecular complexity index is 822. The Morgan fingerprint density at radius 3 is 2.58 bits per heavy atom. The molecule has 0 bridgehead atoms. The lowest BCUT2D eigenvalue weighted by Crippen LogP contribution is -2.33. The van der Waals surface area contributed by atoms with Crippen molar-refractivity contribution in [1.29, 1.82) is 0 Å². The molecule has 1 aromatic heterocycles. The molecule has 0 saturated heterocycles. The predicted octanol–water partition coefficient (Wildman–Crippen LogP) is 3.51. The molecule has 0 fully saturated rings. The van der Waals surface area contributed by atoms with Crippen molar-refractivity contribution in [1.82, 2.24) is 9.88 Å². The number of hydrogen-bond donors (Lipinski definition) is 2. The predicted molar refractivity (Wildman–Crippen MR) is 93.6 cm³/mol. The average molecular weight is 353 g/mol. The van der Waals surface area contributed by atoms with E-state index in [9.17, 15) is 13.9 Å². The molecule has 3 nitrogen and oxygen atoms in total. The van der Waals surface area contributed by atoms with E-state index in [1.54, 1.807) is 48.1 Å². The number of nitrogens with one attached hydrogen (secondary N) is 1. The van der Waals surface area contributed by atoms with Crippen molar-refractivity contribution in [3.8, 4) is 0 Å². The first-order valence-corrected chi connectivity index (χ1v) is 7.45. The third kappa shape index (κ3) is 3.43. The highest BCUT2D eigenvalue weighted by Gasteiger charge is 2.24. The van der Waals surface area contributed by atoms with E-state index in [2.05, 4.69) is 5.32 Å². The number of halogens is 3. The van der Waals surface area contributed by atoms with Crippen LogP contribution in [0.15, 0.2) is 54.7 Å². The molecule has 0 spiro atoms. The molecule has 2 N–H and O–H groups in total. The van der Waals surface area contributed by atoms with Crippen LogP contribution in [-0.2, 0) is 0 Å². The van der Waals surface area contributed by atoms with Crippen LogP contribution in [0.1, 0.15) is 11.6 Å². The van der Waals surface area contributed by atoms with E-state index in [-0.39, 0.29) is 24.0 Å². The summed E-state index contributed by atoms with van der Waals surface area (Å²) in [6, 6.07) is 12.1. The summed E-state index contributed by atoms with van der Waals surface area (Å²) in [5.74, 6) is -0.686. The molecular weight excluding hydrogens is 334 g/mol. The zero-order valence-corrected chi connectivity index (χ0v) is 13.9. The summed E-state index contributed by atoms with van der Waals surface area (Å²) in [7, 11) is 1.74. The van der Waals surface area contributed by atoms with Crippen LogP contribution in [-0.4, -0.2) is 29.4 Å². The van der Waals surface area contributed by atoms with Crippen molar-refractivity contribution in [3.63, 3.8) is 0 Å². The Morgan fingerprint density at radius 2 is 1.88 bits per heavy atom. The van der Waals surface area contributed by atoms with Gasteiger partial charge in [0.05, 0.1) is 17.7 Å². The van der Waals surface area contributed by atoms with E-state index in [0.29, 0.717) is 23.0 Å². The van der Waals surface area contributed by atoms with Gasteiger partial charge in [0.1, 0.15) is 11.6 Å². The zero-order chi connectivity index (χ0) is 16.4. The average Bonchev–Trinajstić information content (AvgIpc) is 2.93. The number of likely N-dealkylation sites (N-methyl/N-ethyl adjacent to an activating group) is 1. The maximum Gasteiger partial charge on any atom is 0.132 e. The Labute approximate surface area is 145 Å². The number of rotatable bonds is 5. The van der Waals surface area contributed by atoms with Crippen LogP contribution in [0.5, 0.6) is 0 Å². The van der Waals surface area contributed by atoms with E-state index in [4.69, 9.17) is 0 Å². The molecule has 6 heteroatoms. The van der Waals surface area contributed by atoms with Crippen molar-refractivity contribution in [2.45, 2.75) is 12.1 Å². The molecule has 24 heavy (non-hydrogen) atoms. The maximum atomic E-state index is 13.9. The second kappa shape index (κ2) is 7.75. The summed E-state index contributed by atoms with van der Waals surface area (Å²) in [4.78, 5) is 0. The first-order valence-electron chi connectivity index (χ1n) is 7.45. The lowest BCUT2D eigenvalue weighted by molar-refractivity contribution is 0.132. The van der Waals surface area contributed by atoms with E-state index in [1.165, 1.54) is 18.2 Å². The van der Waals surface area contributed by atoms with Crippen LogP contribution in [0.4, 0.5) is 8.78 Å². The standard InChI is InChI=1S/C18H18F2N2O.ClH/c1-21-11-17(23)18(12-4-2-5-13(19)10-12)22-9-8-14-15(20)6-3-7-16(14)22;/h2-10,17-18,21,23H,11H2,1H3;1H/t17-,18+;/m1./s1. The van der Waals surface area contributed by atoms with Gasteiger partial charge >= 0.3 is 0 Å². The summed E-state index contributed by atoms with van der Waals surface area (Å²) in [6.45, 7) is 0.330. The van der Waals surface area contributed by atoms with Gasteiger partial charge in [0.2, 0.25) is 0 Å². The highest BCUT2D eigenvalue weighted by molar-refractivity contribution is 5.85. The highest BCUT2D eigenvalue weighted by Crippen LogP contribution is 2.29. The van der Waals surface area contributed by atoms with E-state index >= 15 is 0 Å². The molecule has 0 amide bonds. The molecule has 0 aliphatic carbocycles. The monoisotopic (exact) mass is 352 g/mol. The van der Waals surface area contributed by atoms with Gasteiger partial charge in [-0.25, -0.2) is 8.78 Å². The molecular formula is C18H19ClF2N2O. The van der Waals surface area contributed by atoms with Gasteiger partial charge in [-0.1, -0.05) is 18.2 Å². The van der Waals surface area contributed by atoms with Crippen molar-refractivity contribution in [3.05, 3.63) is 71.9 Å². The fourth-order valence-electron chi connectivity index (χ4n) is 2.97. The first-order chi connectivity index (χ1) is 11.1. The van der Waals surface area contributed by atoms with E-state index in [1.807, 2.05) is 0 Å². The van der Waals surface area contributed by atoms with Gasteiger partial charge < -0.3 is 15.0 Å². The van der Waals surface area contributed by atoms with Crippen molar-refractivity contribution in [2.75, 3.05) is 13.6 Å². The van der Waals surface area contributed by atoms with Gasteiger partial charge in [0.25, 0.3) is 0 Å². The molecule has 0 radical (unpaired) electrons. The fraction of sp³-hybridized carbons (Fsp3) is 0.222. The normalized spacial score (nSPS) is 13.5. The minimum atomic E-state index is -0.791. The molecule has 2 atom stereocenters. The zero-order valence-electron chi connectivity index (χ0n) is 13.1. The number of aromatic nitrogens is 1. The van der Waals surface area contributed by atoms with E-state index in [0.717, 1.165) is 0 Å². The van der Waals surface area contributed by atoms with Crippen LogP contribution in [0.25, 0.3) is 10.9 Å².